The van der Waals surface area contributed by atoms with Crippen molar-refractivity contribution >= 4 is 11.8 Å². The van der Waals surface area contributed by atoms with Crippen molar-refractivity contribution in [1.82, 2.24) is 15.6 Å². The smallest absolute Gasteiger partial charge is 0.191 e. The summed E-state index contributed by atoms with van der Waals surface area (Å²) in [6.07, 6.45) is 4.46. The van der Waals surface area contributed by atoms with Crippen molar-refractivity contribution in [2.45, 2.75) is 50.9 Å². The zero-order chi connectivity index (χ0) is 21.8. The monoisotopic (exact) mass is 425 g/mol. The molecule has 1 aromatic heterocycles. The highest BCUT2D eigenvalue weighted by Gasteiger charge is 2.44. The Labute approximate surface area is 183 Å². The van der Waals surface area contributed by atoms with Crippen LogP contribution in [0.15, 0.2) is 47.6 Å². The van der Waals surface area contributed by atoms with Crippen LogP contribution < -0.4 is 15.5 Å². The maximum Gasteiger partial charge on any atom is 0.191 e. The fourth-order valence-electron chi connectivity index (χ4n) is 4.27. The number of aliphatic imine (C=N–C) groups is 1. The van der Waals surface area contributed by atoms with Crippen LogP contribution in [0.2, 0.25) is 0 Å². The van der Waals surface area contributed by atoms with E-state index in [4.69, 9.17) is 4.74 Å². The van der Waals surface area contributed by atoms with Crippen molar-refractivity contribution in [2.75, 3.05) is 31.6 Å². The van der Waals surface area contributed by atoms with Gasteiger partial charge in [0.05, 0.1) is 12.2 Å². The van der Waals surface area contributed by atoms with Gasteiger partial charge < -0.3 is 20.3 Å². The fourth-order valence-corrected chi connectivity index (χ4v) is 4.27. The highest BCUT2D eigenvalue weighted by atomic mass is 19.1. The predicted octanol–water partition coefficient (Wildman–Crippen LogP) is 3.23. The lowest BCUT2D eigenvalue weighted by molar-refractivity contribution is -0.00545. The van der Waals surface area contributed by atoms with Gasteiger partial charge in [0.15, 0.2) is 5.96 Å². The van der Waals surface area contributed by atoms with E-state index in [1.165, 1.54) is 6.07 Å². The van der Waals surface area contributed by atoms with Crippen LogP contribution in [0.25, 0.3) is 0 Å². The molecule has 6 nitrogen and oxygen atoms in total. The summed E-state index contributed by atoms with van der Waals surface area (Å²) in [6, 6.07) is 11.1. The third-order valence-corrected chi connectivity index (χ3v) is 6.12. The lowest BCUT2D eigenvalue weighted by Gasteiger charge is -2.36. The van der Waals surface area contributed by atoms with E-state index >= 15 is 0 Å². The van der Waals surface area contributed by atoms with E-state index in [0.717, 1.165) is 55.4 Å². The Kier molecular flexibility index (Phi) is 6.41. The average Bonchev–Trinajstić information content (AvgIpc) is 3.55. The Morgan fingerprint density at radius 1 is 1.19 bits per heavy atom. The number of hydrogen-bond donors (Lipinski definition) is 2. The Hall–Kier alpha value is -2.67. The van der Waals surface area contributed by atoms with E-state index in [0.29, 0.717) is 6.54 Å². The molecule has 1 saturated heterocycles. The van der Waals surface area contributed by atoms with E-state index < -0.39 is 0 Å². The van der Waals surface area contributed by atoms with Crippen LogP contribution in [-0.4, -0.2) is 49.8 Å². The van der Waals surface area contributed by atoms with Gasteiger partial charge in [-0.05, 0) is 56.0 Å². The van der Waals surface area contributed by atoms with Gasteiger partial charge in [-0.1, -0.05) is 18.2 Å². The quantitative estimate of drug-likeness (QED) is 0.550. The van der Waals surface area contributed by atoms with E-state index in [2.05, 4.69) is 51.5 Å². The summed E-state index contributed by atoms with van der Waals surface area (Å²) < 4.78 is 19.4. The van der Waals surface area contributed by atoms with Crippen LogP contribution in [0.1, 0.15) is 37.8 Å². The van der Waals surface area contributed by atoms with Crippen molar-refractivity contribution < 1.29 is 9.13 Å². The molecule has 2 atom stereocenters. The molecule has 0 spiro atoms. The lowest BCUT2D eigenvalue weighted by Crippen LogP contribution is -2.45. The highest BCUT2D eigenvalue weighted by molar-refractivity contribution is 5.79. The second kappa shape index (κ2) is 9.22. The van der Waals surface area contributed by atoms with Crippen LogP contribution in [0.4, 0.5) is 10.2 Å². The van der Waals surface area contributed by atoms with E-state index in [1.54, 1.807) is 19.2 Å². The van der Waals surface area contributed by atoms with Crippen LogP contribution in [-0.2, 0) is 16.7 Å². The molecule has 2 fully saturated rings. The maximum atomic E-state index is 13.6. The third kappa shape index (κ3) is 5.34. The number of rotatable bonds is 6. The Morgan fingerprint density at radius 3 is 2.58 bits per heavy atom. The topological polar surface area (TPSA) is 61.8 Å². The molecule has 1 aliphatic heterocycles. The molecule has 0 bridgehead atoms. The first-order valence-corrected chi connectivity index (χ1v) is 11.0. The summed E-state index contributed by atoms with van der Waals surface area (Å²) in [4.78, 5) is 11.3. The van der Waals surface area contributed by atoms with Gasteiger partial charge in [0.2, 0.25) is 0 Å². The molecule has 31 heavy (non-hydrogen) atoms. The minimum absolute atomic E-state index is 0.00928. The van der Waals surface area contributed by atoms with Gasteiger partial charge in [0.1, 0.15) is 11.6 Å². The number of aromatic nitrogens is 1. The summed E-state index contributed by atoms with van der Waals surface area (Å²) in [5, 5.41) is 6.76. The zero-order valence-electron chi connectivity index (χ0n) is 18.6. The first-order chi connectivity index (χ1) is 15.0. The van der Waals surface area contributed by atoms with Crippen molar-refractivity contribution in [2.24, 2.45) is 4.99 Å². The van der Waals surface area contributed by atoms with Crippen molar-refractivity contribution in [3.05, 3.63) is 59.5 Å². The Bertz CT molecular complexity index is 902. The summed E-state index contributed by atoms with van der Waals surface area (Å²) in [6.45, 7) is 7.28. The van der Waals surface area contributed by atoms with Crippen LogP contribution in [0, 0.1) is 5.82 Å². The molecule has 0 amide bonds. The molecule has 2 aliphatic rings. The molecule has 166 valence electrons. The van der Waals surface area contributed by atoms with Crippen molar-refractivity contribution in [3.8, 4) is 0 Å². The number of guanidine groups is 1. The molecule has 7 heteroatoms. The molecule has 4 rings (SSSR count). The number of pyridine rings is 1. The van der Waals surface area contributed by atoms with Crippen LogP contribution in [0.3, 0.4) is 0 Å². The second-order valence-corrected chi connectivity index (χ2v) is 8.76. The van der Waals surface area contributed by atoms with E-state index in [9.17, 15) is 4.39 Å². The molecule has 1 aromatic carbocycles. The second-order valence-electron chi connectivity index (χ2n) is 8.76. The lowest BCUT2D eigenvalue weighted by atomic mass is 9.96. The zero-order valence-corrected chi connectivity index (χ0v) is 18.6. The summed E-state index contributed by atoms with van der Waals surface area (Å²) in [7, 11) is 1.76. The molecule has 2 aromatic rings. The van der Waals surface area contributed by atoms with Crippen molar-refractivity contribution in [1.29, 1.82) is 0 Å². The molecule has 2 heterocycles. The number of benzene rings is 1. The molecule has 1 saturated carbocycles. The maximum absolute atomic E-state index is 13.6. The van der Waals surface area contributed by atoms with E-state index in [1.807, 2.05) is 12.3 Å². The third-order valence-electron chi connectivity index (χ3n) is 6.12. The number of morpholine rings is 1. The fraction of sp³-hybridized carbons (Fsp3) is 0.500. The van der Waals surface area contributed by atoms with Gasteiger partial charge in [0, 0.05) is 44.8 Å². The average molecular weight is 426 g/mol. The Morgan fingerprint density at radius 2 is 1.97 bits per heavy atom. The van der Waals surface area contributed by atoms with E-state index in [-0.39, 0.29) is 23.4 Å². The first-order valence-electron chi connectivity index (χ1n) is 11.0. The van der Waals surface area contributed by atoms with Gasteiger partial charge in [-0.3, -0.25) is 4.99 Å². The summed E-state index contributed by atoms with van der Waals surface area (Å²) in [5.41, 5.74) is 2.16. The minimum Gasteiger partial charge on any atom is -0.372 e. The van der Waals surface area contributed by atoms with Gasteiger partial charge in [-0.2, -0.15) is 0 Å². The largest absolute Gasteiger partial charge is 0.372 e. The number of anilines is 1. The molecule has 0 radical (unpaired) electrons. The molecule has 2 N–H and O–H groups in total. The number of nitrogens with one attached hydrogen (secondary N) is 2. The van der Waals surface area contributed by atoms with Gasteiger partial charge >= 0.3 is 0 Å². The van der Waals surface area contributed by atoms with Crippen molar-refractivity contribution in [3.63, 3.8) is 0 Å². The molecule has 2 unspecified atom stereocenters. The predicted molar refractivity (Wildman–Crippen MR) is 122 cm³/mol. The Balaban J connectivity index is 1.29. The van der Waals surface area contributed by atoms with Gasteiger partial charge in [-0.15, -0.1) is 0 Å². The standard InChI is InChI=1S/C24H32FN5O/c1-17-14-30(15-18(2)31-17)22-8-7-19(12-27-22)13-28-23(26-3)29-16-24(9-10-24)20-5-4-6-21(25)11-20/h4-8,11-12,17-18H,9-10,13-16H2,1-3H3,(H2,26,28,29). The van der Waals surface area contributed by atoms with Crippen LogP contribution >= 0.6 is 0 Å². The summed E-state index contributed by atoms with van der Waals surface area (Å²) in [5.74, 6) is 1.55. The number of nitrogens with zero attached hydrogens (tertiary/aromatic N) is 3. The van der Waals surface area contributed by atoms with Crippen LogP contribution in [0.5, 0.6) is 0 Å². The van der Waals surface area contributed by atoms with Gasteiger partial charge in [-0.25, -0.2) is 9.37 Å². The number of halogens is 1. The molecule has 1 aliphatic carbocycles. The number of ether oxygens (including phenoxy) is 1. The molecular formula is C24H32FN5O. The SMILES string of the molecule is CN=C(NCc1ccc(N2CC(C)OC(C)C2)nc1)NCC1(c2cccc(F)c2)CC1. The number of hydrogen-bond acceptors (Lipinski definition) is 4. The van der Waals surface area contributed by atoms with Gasteiger partial charge in [0.25, 0.3) is 0 Å². The summed E-state index contributed by atoms with van der Waals surface area (Å²) >= 11 is 0. The minimum atomic E-state index is -0.178. The first kappa shape index (κ1) is 21.6. The molecular weight excluding hydrogens is 393 g/mol. The normalized spacial score (nSPS) is 22.8. The highest BCUT2D eigenvalue weighted by Crippen LogP contribution is 2.47.